The van der Waals surface area contributed by atoms with Crippen LogP contribution in [0.4, 0.5) is 11.4 Å². The lowest BCUT2D eigenvalue weighted by Gasteiger charge is -2.33. The molecule has 3 N–H and O–H groups in total. The van der Waals surface area contributed by atoms with Gasteiger partial charge >= 0.3 is 0 Å². The fourth-order valence-corrected chi connectivity index (χ4v) is 10.4. The molecule has 3 aliphatic rings. The van der Waals surface area contributed by atoms with Gasteiger partial charge in [-0.2, -0.15) is 0 Å². The smallest absolute Gasteiger partial charge is 0.264 e. The second-order valence-electron chi connectivity index (χ2n) is 13.4. The van der Waals surface area contributed by atoms with Crippen molar-refractivity contribution in [1.82, 2.24) is 4.90 Å². The molecule has 11 heteroatoms. The molecule has 47 heavy (non-hydrogen) atoms. The highest BCUT2D eigenvalue weighted by atomic mass is 28.4. The molecule has 10 nitrogen and oxygen atoms in total. The average molecular weight is 658 g/mol. The van der Waals surface area contributed by atoms with E-state index < -0.39 is 31.5 Å². The van der Waals surface area contributed by atoms with Crippen LogP contribution < -0.4 is 15.0 Å². The van der Waals surface area contributed by atoms with Gasteiger partial charge in [0.05, 0.1) is 44.5 Å². The molecule has 248 valence electrons. The SMILES string of the molecule is COc1ccc(C(=O)Nc2ccc3c(c2)[C@]2(O[C@@H](CC(=O)N4CCC[C@H]4CO)[C@H]([Si](C)(C)O)[C@H]2C)C(=O)N3Cc2ccccc2)cc1. The first kappa shape index (κ1) is 32.9. The van der Waals surface area contributed by atoms with Crippen LogP contribution >= 0.6 is 0 Å². The van der Waals surface area contributed by atoms with E-state index >= 15 is 0 Å². The highest BCUT2D eigenvalue weighted by molar-refractivity contribution is 6.71. The van der Waals surface area contributed by atoms with Gasteiger partial charge < -0.3 is 34.5 Å². The lowest BCUT2D eigenvalue weighted by atomic mass is 9.82. The van der Waals surface area contributed by atoms with E-state index in [1.165, 1.54) is 0 Å². The van der Waals surface area contributed by atoms with E-state index in [-0.39, 0.29) is 36.8 Å². The number of nitrogens with zero attached hydrogens (tertiary/aromatic N) is 2. The highest BCUT2D eigenvalue weighted by Gasteiger charge is 2.66. The minimum Gasteiger partial charge on any atom is -0.497 e. The van der Waals surface area contributed by atoms with Crippen LogP contribution in [-0.2, 0) is 26.5 Å². The Hall–Kier alpha value is -4.03. The Labute approximate surface area is 276 Å². The molecule has 3 aromatic carbocycles. The topological polar surface area (TPSA) is 129 Å². The number of rotatable bonds is 9. The largest absolute Gasteiger partial charge is 0.497 e. The summed E-state index contributed by atoms with van der Waals surface area (Å²) in [5.41, 5.74) is 1.23. The molecule has 2 fully saturated rings. The number of hydrogen-bond donors (Lipinski definition) is 3. The number of carbonyl (C=O) groups excluding carboxylic acids is 3. The lowest BCUT2D eigenvalue weighted by Crippen LogP contribution is -2.46. The van der Waals surface area contributed by atoms with E-state index in [2.05, 4.69) is 5.32 Å². The molecule has 0 bridgehead atoms. The molecule has 6 rings (SSSR count). The maximum atomic E-state index is 14.8. The number of aliphatic hydroxyl groups excluding tert-OH is 1. The van der Waals surface area contributed by atoms with Crippen LogP contribution in [0.3, 0.4) is 0 Å². The summed E-state index contributed by atoms with van der Waals surface area (Å²) < 4.78 is 12.1. The zero-order chi connectivity index (χ0) is 33.5. The number of methoxy groups -OCH3 is 1. The second-order valence-corrected chi connectivity index (χ2v) is 17.4. The van der Waals surface area contributed by atoms with Crippen LogP contribution in [0.15, 0.2) is 72.8 Å². The van der Waals surface area contributed by atoms with Crippen molar-refractivity contribution in [3.8, 4) is 5.75 Å². The van der Waals surface area contributed by atoms with E-state index in [0.717, 1.165) is 18.4 Å². The Morgan fingerprint density at radius 3 is 2.47 bits per heavy atom. The summed E-state index contributed by atoms with van der Waals surface area (Å²) in [6.45, 7) is 6.35. The van der Waals surface area contributed by atoms with Gasteiger partial charge in [0, 0.05) is 34.8 Å². The summed E-state index contributed by atoms with van der Waals surface area (Å²) in [4.78, 5) is 56.8. The number of ether oxygens (including phenoxy) is 2. The maximum Gasteiger partial charge on any atom is 0.264 e. The molecular weight excluding hydrogens is 614 g/mol. The van der Waals surface area contributed by atoms with Crippen LogP contribution in [0.1, 0.15) is 47.7 Å². The van der Waals surface area contributed by atoms with Crippen LogP contribution in [0.2, 0.25) is 18.6 Å². The van der Waals surface area contributed by atoms with Gasteiger partial charge in [0.2, 0.25) is 5.91 Å². The third-order valence-corrected chi connectivity index (χ3v) is 12.6. The quantitative estimate of drug-likeness (QED) is 0.286. The van der Waals surface area contributed by atoms with Crippen molar-refractivity contribution >= 4 is 37.4 Å². The van der Waals surface area contributed by atoms with Crippen molar-refractivity contribution in [3.05, 3.63) is 89.5 Å². The van der Waals surface area contributed by atoms with Crippen molar-refractivity contribution in [2.75, 3.05) is 30.5 Å². The summed E-state index contributed by atoms with van der Waals surface area (Å²) in [6, 6.07) is 21.6. The Kier molecular flexibility index (Phi) is 9.01. The van der Waals surface area contributed by atoms with E-state index in [0.29, 0.717) is 41.3 Å². The van der Waals surface area contributed by atoms with Gasteiger partial charge in [0.1, 0.15) is 5.75 Å². The van der Waals surface area contributed by atoms with Crippen molar-refractivity contribution in [3.63, 3.8) is 0 Å². The maximum absolute atomic E-state index is 14.8. The lowest BCUT2D eigenvalue weighted by molar-refractivity contribution is -0.150. The van der Waals surface area contributed by atoms with E-state index in [1.807, 2.05) is 56.4 Å². The molecular formula is C36H43N3O7Si. The Morgan fingerprint density at radius 1 is 1.09 bits per heavy atom. The molecule has 0 unspecified atom stereocenters. The van der Waals surface area contributed by atoms with Crippen molar-refractivity contribution < 1.29 is 33.8 Å². The first-order valence-electron chi connectivity index (χ1n) is 16.2. The summed E-state index contributed by atoms with van der Waals surface area (Å²) in [5.74, 6) is -0.554. The predicted octanol–water partition coefficient (Wildman–Crippen LogP) is 4.67. The number of nitrogens with one attached hydrogen (secondary N) is 1. The molecule has 5 atom stereocenters. The number of likely N-dealkylation sites (tertiary alicyclic amines) is 1. The highest BCUT2D eigenvalue weighted by Crippen LogP contribution is 2.60. The first-order chi connectivity index (χ1) is 22.5. The Morgan fingerprint density at radius 2 is 1.81 bits per heavy atom. The zero-order valence-electron chi connectivity index (χ0n) is 27.3. The molecule has 0 radical (unpaired) electrons. The van der Waals surface area contributed by atoms with Gasteiger partial charge in [-0.15, -0.1) is 0 Å². The second kappa shape index (κ2) is 12.9. The molecule has 3 amide bonds. The molecule has 2 saturated heterocycles. The first-order valence-corrected chi connectivity index (χ1v) is 19.3. The summed E-state index contributed by atoms with van der Waals surface area (Å²) in [5, 5.41) is 12.8. The third kappa shape index (κ3) is 5.97. The average Bonchev–Trinajstić information content (AvgIpc) is 3.72. The molecule has 0 saturated carbocycles. The number of amides is 3. The van der Waals surface area contributed by atoms with Crippen molar-refractivity contribution in [2.45, 2.75) is 69.1 Å². The van der Waals surface area contributed by atoms with Crippen LogP contribution in [0.25, 0.3) is 0 Å². The number of hydrogen-bond acceptors (Lipinski definition) is 7. The fourth-order valence-electron chi connectivity index (χ4n) is 7.87. The molecule has 1 spiro atoms. The van der Waals surface area contributed by atoms with E-state index in [1.54, 1.807) is 53.3 Å². The fraction of sp³-hybridized carbons (Fsp3) is 0.417. The normalized spacial score (nSPS) is 25.4. The summed E-state index contributed by atoms with van der Waals surface area (Å²) >= 11 is 0. The molecule has 3 aliphatic heterocycles. The summed E-state index contributed by atoms with van der Waals surface area (Å²) in [6.07, 6.45) is 0.843. The van der Waals surface area contributed by atoms with Gasteiger partial charge in [-0.05, 0) is 74.0 Å². The predicted molar refractivity (Wildman–Crippen MR) is 181 cm³/mol. The monoisotopic (exact) mass is 657 g/mol. The van der Waals surface area contributed by atoms with E-state index in [4.69, 9.17) is 9.47 Å². The minimum atomic E-state index is -3.01. The van der Waals surface area contributed by atoms with Gasteiger partial charge in [-0.25, -0.2) is 0 Å². The Balaban J connectivity index is 1.39. The summed E-state index contributed by atoms with van der Waals surface area (Å²) in [7, 11) is -1.45. The number of anilines is 2. The molecule has 0 aromatic heterocycles. The molecule has 0 aliphatic carbocycles. The van der Waals surface area contributed by atoms with Crippen molar-refractivity contribution in [2.24, 2.45) is 5.92 Å². The third-order valence-electron chi connectivity index (χ3n) is 10.1. The number of benzene rings is 3. The molecule has 3 heterocycles. The van der Waals surface area contributed by atoms with Crippen molar-refractivity contribution in [1.29, 1.82) is 0 Å². The van der Waals surface area contributed by atoms with Gasteiger partial charge in [-0.3, -0.25) is 14.4 Å². The van der Waals surface area contributed by atoms with Crippen LogP contribution in [0, 0.1) is 5.92 Å². The zero-order valence-corrected chi connectivity index (χ0v) is 28.3. The number of fused-ring (bicyclic) bond motifs is 2. The standard InChI is InChI=1S/C36H43N3O7Si/c1-23-33(47(3,4)44)31(20-32(41)38-18-8-11-27(38)22-40)46-36(23)29-19-26(37-34(42)25-12-15-28(45-2)16-13-25)14-17-30(29)39(35(36)43)21-24-9-6-5-7-10-24/h5-7,9-10,12-17,19,23,27,31,33,40,44H,8,11,18,20-22H2,1-4H3,(H,37,42)/t23-,27+,31+,33-,36+/m1/s1. The van der Waals surface area contributed by atoms with Crippen LogP contribution in [-0.4, -0.2) is 73.2 Å². The number of aliphatic hydroxyl groups is 1. The number of carbonyl (C=O) groups is 3. The van der Waals surface area contributed by atoms with E-state index in [9.17, 15) is 24.3 Å². The van der Waals surface area contributed by atoms with Crippen LogP contribution in [0.5, 0.6) is 5.75 Å². The molecule has 3 aromatic rings. The minimum absolute atomic E-state index is 0.000554. The van der Waals surface area contributed by atoms with Gasteiger partial charge in [-0.1, -0.05) is 37.3 Å². The Bertz CT molecular complexity index is 1640. The van der Waals surface area contributed by atoms with Gasteiger partial charge in [0.15, 0.2) is 13.9 Å². The van der Waals surface area contributed by atoms with Gasteiger partial charge in [0.25, 0.3) is 11.8 Å².